The van der Waals surface area contributed by atoms with E-state index in [1.807, 2.05) is 6.92 Å². The van der Waals surface area contributed by atoms with Crippen LogP contribution >= 0.6 is 0 Å². The standard InChI is InChI=1S/C14H20O4S/c1-12(11-14(17-2)18-3)9-10-19(15,16)13-7-5-4-6-8-13/h4-10,12,14H,11H2,1-3H3/b10-9+/t12-/m0/s1. The van der Waals surface area contributed by atoms with Crippen molar-refractivity contribution in [3.05, 3.63) is 41.8 Å². The summed E-state index contributed by atoms with van der Waals surface area (Å²) in [5.74, 6) is 0.0448. The minimum atomic E-state index is -3.37. The Morgan fingerprint density at radius 2 is 1.74 bits per heavy atom. The number of ether oxygens (including phenoxy) is 2. The molecule has 0 aromatic heterocycles. The van der Waals surface area contributed by atoms with Crippen molar-refractivity contribution in [2.75, 3.05) is 14.2 Å². The third-order valence-electron chi connectivity index (χ3n) is 2.75. The zero-order valence-electron chi connectivity index (χ0n) is 11.4. The molecular weight excluding hydrogens is 264 g/mol. The molecule has 0 aliphatic heterocycles. The van der Waals surface area contributed by atoms with E-state index in [2.05, 4.69) is 0 Å². The number of hydrogen-bond acceptors (Lipinski definition) is 4. The average Bonchev–Trinajstić information content (AvgIpc) is 2.43. The Morgan fingerprint density at radius 3 is 2.26 bits per heavy atom. The smallest absolute Gasteiger partial charge is 0.199 e. The molecule has 0 amide bonds. The van der Waals surface area contributed by atoms with Crippen LogP contribution in [0.2, 0.25) is 0 Å². The van der Waals surface area contributed by atoms with E-state index in [0.29, 0.717) is 11.3 Å². The minimum Gasteiger partial charge on any atom is -0.356 e. The van der Waals surface area contributed by atoms with Crippen molar-refractivity contribution in [3.8, 4) is 0 Å². The summed E-state index contributed by atoms with van der Waals surface area (Å²) in [6.45, 7) is 1.92. The third-order valence-corrected chi connectivity index (χ3v) is 4.19. The van der Waals surface area contributed by atoms with Crippen LogP contribution in [0.1, 0.15) is 13.3 Å². The zero-order valence-corrected chi connectivity index (χ0v) is 12.3. The fourth-order valence-corrected chi connectivity index (χ4v) is 2.77. The first-order valence-corrected chi connectivity index (χ1v) is 7.58. The summed E-state index contributed by atoms with van der Waals surface area (Å²) < 4.78 is 34.2. The van der Waals surface area contributed by atoms with Gasteiger partial charge in [-0.2, -0.15) is 0 Å². The summed E-state index contributed by atoms with van der Waals surface area (Å²) in [6.07, 6.45) is 1.94. The Balaban J connectivity index is 2.70. The van der Waals surface area contributed by atoms with Crippen molar-refractivity contribution in [1.29, 1.82) is 0 Å². The molecule has 5 heteroatoms. The van der Waals surface area contributed by atoms with Gasteiger partial charge in [-0.05, 0) is 18.1 Å². The van der Waals surface area contributed by atoms with Crippen LogP contribution in [0.15, 0.2) is 46.7 Å². The van der Waals surface area contributed by atoms with E-state index in [4.69, 9.17) is 9.47 Å². The number of methoxy groups -OCH3 is 2. The van der Waals surface area contributed by atoms with Gasteiger partial charge in [-0.15, -0.1) is 0 Å². The Kier molecular flexibility index (Phi) is 6.21. The van der Waals surface area contributed by atoms with Gasteiger partial charge in [0.25, 0.3) is 0 Å². The summed E-state index contributed by atoms with van der Waals surface area (Å²) in [5.41, 5.74) is 0. The van der Waals surface area contributed by atoms with Crippen LogP contribution in [-0.4, -0.2) is 28.9 Å². The fourth-order valence-electron chi connectivity index (χ4n) is 1.60. The normalized spacial score (nSPS) is 14.1. The Morgan fingerprint density at radius 1 is 1.16 bits per heavy atom. The summed E-state index contributed by atoms with van der Waals surface area (Å²) in [7, 11) is -0.245. The lowest BCUT2D eigenvalue weighted by Crippen LogP contribution is -2.15. The first kappa shape index (κ1) is 15.9. The summed E-state index contributed by atoms with van der Waals surface area (Å²) in [4.78, 5) is 0.300. The molecule has 0 aliphatic carbocycles. The van der Waals surface area contributed by atoms with Crippen LogP contribution in [0.25, 0.3) is 0 Å². The van der Waals surface area contributed by atoms with Gasteiger partial charge in [-0.3, -0.25) is 0 Å². The number of hydrogen-bond donors (Lipinski definition) is 0. The number of benzene rings is 1. The van der Waals surface area contributed by atoms with Crippen molar-refractivity contribution in [2.45, 2.75) is 24.5 Å². The van der Waals surface area contributed by atoms with Crippen LogP contribution in [0.4, 0.5) is 0 Å². The summed E-state index contributed by atoms with van der Waals surface area (Å²) in [6, 6.07) is 8.36. The molecule has 106 valence electrons. The van der Waals surface area contributed by atoms with Crippen LogP contribution < -0.4 is 0 Å². The molecule has 0 bridgehead atoms. The van der Waals surface area contributed by atoms with Crippen LogP contribution in [0.5, 0.6) is 0 Å². The highest BCUT2D eigenvalue weighted by molar-refractivity contribution is 7.94. The molecule has 19 heavy (non-hydrogen) atoms. The van der Waals surface area contributed by atoms with Gasteiger partial charge < -0.3 is 9.47 Å². The van der Waals surface area contributed by atoms with Crippen molar-refractivity contribution in [3.63, 3.8) is 0 Å². The molecule has 1 atom stereocenters. The summed E-state index contributed by atoms with van der Waals surface area (Å²) in [5, 5.41) is 1.25. The second kappa shape index (κ2) is 7.43. The molecule has 1 aromatic carbocycles. The van der Waals surface area contributed by atoms with Gasteiger partial charge in [0.15, 0.2) is 16.1 Å². The third kappa shape index (κ3) is 5.14. The van der Waals surface area contributed by atoms with E-state index in [9.17, 15) is 8.42 Å². The quantitative estimate of drug-likeness (QED) is 0.722. The molecule has 0 heterocycles. The van der Waals surface area contributed by atoms with Crippen LogP contribution in [0, 0.1) is 5.92 Å². The van der Waals surface area contributed by atoms with Gasteiger partial charge in [0.2, 0.25) is 0 Å². The van der Waals surface area contributed by atoms with Crippen LogP contribution in [0.3, 0.4) is 0 Å². The lowest BCUT2D eigenvalue weighted by Gasteiger charge is -2.15. The number of sulfone groups is 1. The predicted octanol–water partition coefficient (Wildman–Crippen LogP) is 2.62. The van der Waals surface area contributed by atoms with Gasteiger partial charge in [0, 0.05) is 26.0 Å². The maximum Gasteiger partial charge on any atom is 0.199 e. The predicted molar refractivity (Wildman–Crippen MR) is 74.4 cm³/mol. The molecule has 0 aliphatic rings. The van der Waals surface area contributed by atoms with E-state index in [0.717, 1.165) is 0 Å². The second-order valence-electron chi connectivity index (χ2n) is 4.30. The monoisotopic (exact) mass is 284 g/mol. The van der Waals surface area contributed by atoms with E-state index >= 15 is 0 Å². The summed E-state index contributed by atoms with van der Waals surface area (Å²) >= 11 is 0. The van der Waals surface area contributed by atoms with Gasteiger partial charge in [-0.25, -0.2) is 8.42 Å². The van der Waals surface area contributed by atoms with Gasteiger partial charge >= 0.3 is 0 Å². The molecular formula is C14H20O4S. The van der Waals surface area contributed by atoms with Crippen molar-refractivity contribution < 1.29 is 17.9 Å². The lowest BCUT2D eigenvalue weighted by atomic mass is 10.1. The molecule has 1 rings (SSSR count). The van der Waals surface area contributed by atoms with Crippen molar-refractivity contribution in [2.24, 2.45) is 5.92 Å². The van der Waals surface area contributed by atoms with E-state index in [1.54, 1.807) is 50.6 Å². The maximum atomic E-state index is 12.0. The highest BCUT2D eigenvalue weighted by Crippen LogP contribution is 2.15. The molecule has 0 radical (unpaired) electrons. The first-order valence-electron chi connectivity index (χ1n) is 6.03. The van der Waals surface area contributed by atoms with Gasteiger partial charge in [0.1, 0.15) is 0 Å². The van der Waals surface area contributed by atoms with Crippen molar-refractivity contribution >= 4 is 9.84 Å². The Labute approximate surface area is 115 Å². The van der Waals surface area contributed by atoms with Gasteiger partial charge in [-0.1, -0.05) is 31.2 Å². The molecule has 4 nitrogen and oxygen atoms in total. The minimum absolute atomic E-state index is 0.0448. The zero-order chi connectivity index (χ0) is 14.3. The molecule has 0 saturated heterocycles. The highest BCUT2D eigenvalue weighted by atomic mass is 32.2. The average molecular weight is 284 g/mol. The Bertz CT molecular complexity index is 489. The first-order chi connectivity index (χ1) is 8.99. The van der Waals surface area contributed by atoms with Crippen LogP contribution in [-0.2, 0) is 19.3 Å². The number of rotatable bonds is 7. The molecule has 0 spiro atoms. The second-order valence-corrected chi connectivity index (χ2v) is 6.13. The molecule has 0 fully saturated rings. The van der Waals surface area contributed by atoms with E-state index < -0.39 is 9.84 Å². The molecule has 1 aromatic rings. The SMILES string of the molecule is COC(C[C@@H](C)/C=C/S(=O)(=O)c1ccccc1)OC. The Hall–Kier alpha value is -1.17. The van der Waals surface area contributed by atoms with Gasteiger partial charge in [0.05, 0.1) is 4.90 Å². The maximum absolute atomic E-state index is 12.0. The number of allylic oxidation sites excluding steroid dienone is 1. The van der Waals surface area contributed by atoms with Crippen molar-refractivity contribution in [1.82, 2.24) is 0 Å². The topological polar surface area (TPSA) is 52.6 Å². The van der Waals surface area contributed by atoms with E-state index in [-0.39, 0.29) is 12.2 Å². The molecule has 0 N–H and O–H groups in total. The highest BCUT2D eigenvalue weighted by Gasteiger charge is 2.12. The molecule has 0 unspecified atom stereocenters. The van der Waals surface area contributed by atoms with E-state index in [1.165, 1.54) is 5.41 Å². The molecule has 0 saturated carbocycles. The fraction of sp³-hybridized carbons (Fsp3) is 0.429. The lowest BCUT2D eigenvalue weighted by molar-refractivity contribution is -0.110. The largest absolute Gasteiger partial charge is 0.356 e.